The van der Waals surface area contributed by atoms with Crippen LogP contribution in [0.25, 0.3) is 10.9 Å². The van der Waals surface area contributed by atoms with E-state index >= 15 is 0 Å². The number of anilines is 2. The lowest BCUT2D eigenvalue weighted by atomic mass is 10.0. The number of carboxylic acid groups (broad SMARTS) is 1. The second-order valence-electron chi connectivity index (χ2n) is 5.74. The van der Waals surface area contributed by atoms with Gasteiger partial charge in [0.05, 0.1) is 28.3 Å². The van der Waals surface area contributed by atoms with E-state index in [0.717, 1.165) is 24.3 Å². The van der Waals surface area contributed by atoms with Gasteiger partial charge in [0.25, 0.3) is 0 Å². The summed E-state index contributed by atoms with van der Waals surface area (Å²) < 4.78 is 78.3. The largest absolute Gasteiger partial charge is 0.545 e. The molecule has 1 N–H and O–H groups in total. The normalized spacial score (nSPS) is 12.2. The Kier molecular flexibility index (Phi) is 4.66. The zero-order valence-electron chi connectivity index (χ0n) is 13.7. The van der Waals surface area contributed by atoms with Crippen LogP contribution in [0.3, 0.4) is 0 Å². The molecule has 0 aliphatic heterocycles. The lowest BCUT2D eigenvalue weighted by Gasteiger charge is -2.18. The molecule has 0 fully saturated rings. The second kappa shape index (κ2) is 6.70. The monoisotopic (exact) mass is 399 g/mol. The van der Waals surface area contributed by atoms with E-state index in [-0.39, 0.29) is 16.8 Å². The molecule has 0 atom stereocenters. The maximum Gasteiger partial charge on any atom is 0.418 e. The SMILES string of the molecule is O=C([O-])c1cnc2c(C(F)(F)F)cccc2c1Nc1cccc(C(F)(F)F)c1. The minimum atomic E-state index is -4.76. The average molecular weight is 399 g/mol. The fraction of sp³-hybridized carbons (Fsp3) is 0.111. The summed E-state index contributed by atoms with van der Waals surface area (Å²) in [6.07, 6.45) is -8.75. The molecule has 146 valence electrons. The number of alkyl halides is 6. The van der Waals surface area contributed by atoms with Crippen LogP contribution in [0, 0.1) is 0 Å². The lowest BCUT2D eigenvalue weighted by Crippen LogP contribution is -2.24. The van der Waals surface area contributed by atoms with Gasteiger partial charge in [-0.2, -0.15) is 26.3 Å². The Morgan fingerprint density at radius 1 is 0.964 bits per heavy atom. The number of pyridine rings is 1. The van der Waals surface area contributed by atoms with Crippen LogP contribution in [0.5, 0.6) is 0 Å². The molecule has 1 heterocycles. The van der Waals surface area contributed by atoms with Crippen molar-refractivity contribution in [3.05, 3.63) is 65.4 Å². The molecule has 10 heteroatoms. The van der Waals surface area contributed by atoms with Crippen molar-refractivity contribution in [2.24, 2.45) is 0 Å². The third-order valence-electron chi connectivity index (χ3n) is 3.88. The Labute approximate surface area is 153 Å². The molecule has 0 spiro atoms. The van der Waals surface area contributed by atoms with Gasteiger partial charge in [-0.15, -0.1) is 0 Å². The quantitative estimate of drug-likeness (QED) is 0.664. The Morgan fingerprint density at radius 3 is 2.25 bits per heavy atom. The fourth-order valence-electron chi connectivity index (χ4n) is 2.66. The molecule has 3 rings (SSSR count). The number of para-hydroxylation sites is 1. The second-order valence-corrected chi connectivity index (χ2v) is 5.74. The minimum Gasteiger partial charge on any atom is -0.545 e. The topological polar surface area (TPSA) is 65.0 Å². The van der Waals surface area contributed by atoms with Crippen molar-refractivity contribution in [2.45, 2.75) is 12.4 Å². The Bertz CT molecular complexity index is 1060. The maximum atomic E-state index is 13.2. The molecule has 2 aromatic carbocycles. The van der Waals surface area contributed by atoms with Crippen molar-refractivity contribution in [3.8, 4) is 0 Å². The molecule has 1 aromatic heterocycles. The number of nitrogens with one attached hydrogen (secondary N) is 1. The fourth-order valence-corrected chi connectivity index (χ4v) is 2.66. The molecular weight excluding hydrogens is 390 g/mol. The van der Waals surface area contributed by atoms with E-state index in [4.69, 9.17) is 0 Å². The van der Waals surface area contributed by atoms with E-state index in [1.807, 2.05) is 0 Å². The molecule has 0 aliphatic carbocycles. The smallest absolute Gasteiger partial charge is 0.418 e. The van der Waals surface area contributed by atoms with Gasteiger partial charge in [0.15, 0.2) is 0 Å². The summed E-state index contributed by atoms with van der Waals surface area (Å²) in [5.41, 5.74) is -3.78. The van der Waals surface area contributed by atoms with E-state index in [9.17, 15) is 36.2 Å². The van der Waals surface area contributed by atoms with Crippen LogP contribution in [0.15, 0.2) is 48.7 Å². The summed E-state index contributed by atoms with van der Waals surface area (Å²) in [4.78, 5) is 14.9. The summed E-state index contributed by atoms with van der Waals surface area (Å²) in [6.45, 7) is 0. The Balaban J connectivity index is 2.22. The molecule has 0 saturated heterocycles. The van der Waals surface area contributed by atoms with Gasteiger partial charge in [-0.1, -0.05) is 18.2 Å². The molecule has 0 unspecified atom stereocenters. The highest BCUT2D eigenvalue weighted by Gasteiger charge is 2.34. The van der Waals surface area contributed by atoms with E-state index in [0.29, 0.717) is 12.3 Å². The molecule has 3 aromatic rings. The zero-order chi connectivity index (χ0) is 20.7. The molecule has 28 heavy (non-hydrogen) atoms. The number of benzene rings is 2. The summed E-state index contributed by atoms with van der Waals surface area (Å²) in [5, 5.41) is 13.6. The highest BCUT2D eigenvalue weighted by atomic mass is 19.4. The van der Waals surface area contributed by atoms with Crippen molar-refractivity contribution in [1.82, 2.24) is 4.98 Å². The Hall–Kier alpha value is -3.30. The van der Waals surface area contributed by atoms with Crippen molar-refractivity contribution in [2.75, 3.05) is 5.32 Å². The number of carboxylic acids is 1. The predicted molar refractivity (Wildman–Crippen MR) is 85.8 cm³/mol. The van der Waals surface area contributed by atoms with Crippen LogP contribution < -0.4 is 10.4 Å². The number of hydrogen-bond acceptors (Lipinski definition) is 4. The number of aromatic nitrogens is 1. The first-order valence-corrected chi connectivity index (χ1v) is 7.63. The third-order valence-corrected chi connectivity index (χ3v) is 3.88. The van der Waals surface area contributed by atoms with Crippen molar-refractivity contribution < 1.29 is 36.2 Å². The highest BCUT2D eigenvalue weighted by molar-refractivity contribution is 6.05. The first-order chi connectivity index (χ1) is 13.0. The van der Waals surface area contributed by atoms with Crippen molar-refractivity contribution >= 4 is 28.2 Å². The number of aromatic carboxylic acids is 1. The summed E-state index contributed by atoms with van der Waals surface area (Å²) >= 11 is 0. The number of fused-ring (bicyclic) bond motifs is 1. The molecule has 0 radical (unpaired) electrons. The van der Waals surface area contributed by atoms with Gasteiger partial charge >= 0.3 is 12.4 Å². The van der Waals surface area contributed by atoms with Gasteiger partial charge in [-0.25, -0.2) is 0 Å². The van der Waals surface area contributed by atoms with Crippen LogP contribution in [-0.4, -0.2) is 11.0 Å². The zero-order valence-corrected chi connectivity index (χ0v) is 13.7. The van der Waals surface area contributed by atoms with Gasteiger partial charge in [0.1, 0.15) is 0 Å². The van der Waals surface area contributed by atoms with Crippen LogP contribution >= 0.6 is 0 Å². The molecule has 4 nitrogen and oxygen atoms in total. The van der Waals surface area contributed by atoms with Gasteiger partial charge in [0.2, 0.25) is 0 Å². The predicted octanol–water partition coefficient (Wildman–Crippen LogP) is 4.38. The number of nitrogens with zero attached hydrogens (tertiary/aromatic N) is 1. The maximum absolute atomic E-state index is 13.2. The van der Waals surface area contributed by atoms with Crippen LogP contribution in [-0.2, 0) is 12.4 Å². The average Bonchev–Trinajstić information content (AvgIpc) is 2.60. The number of hydrogen-bond donors (Lipinski definition) is 1. The number of halogens is 6. The van der Waals surface area contributed by atoms with Crippen LogP contribution in [0.4, 0.5) is 37.7 Å². The molecule has 0 aliphatic rings. The van der Waals surface area contributed by atoms with E-state index < -0.39 is 40.5 Å². The van der Waals surface area contributed by atoms with Gasteiger partial charge in [-0.3, -0.25) is 4.98 Å². The number of carbonyl (C=O) groups is 1. The van der Waals surface area contributed by atoms with E-state index in [2.05, 4.69) is 10.3 Å². The van der Waals surface area contributed by atoms with Gasteiger partial charge in [0, 0.05) is 22.8 Å². The third kappa shape index (κ3) is 3.71. The Morgan fingerprint density at radius 2 is 1.64 bits per heavy atom. The van der Waals surface area contributed by atoms with E-state index in [1.165, 1.54) is 12.1 Å². The standard InChI is InChI=1S/C18H10F6N2O2/c19-17(20,21)9-3-1-4-10(7-9)26-14-11-5-2-6-13(18(22,23)24)15(11)25-8-12(14)16(27)28/h1-8H,(H,25,26)(H,27,28)/p-1. The minimum absolute atomic E-state index is 0.165. The molecule has 0 amide bonds. The van der Waals surface area contributed by atoms with Crippen LogP contribution in [0.2, 0.25) is 0 Å². The van der Waals surface area contributed by atoms with Gasteiger partial charge in [-0.05, 0) is 24.3 Å². The molecule has 0 saturated carbocycles. The first-order valence-electron chi connectivity index (χ1n) is 7.63. The van der Waals surface area contributed by atoms with E-state index in [1.54, 1.807) is 0 Å². The van der Waals surface area contributed by atoms with Gasteiger partial charge < -0.3 is 15.2 Å². The highest BCUT2D eigenvalue weighted by Crippen LogP contribution is 2.38. The van der Waals surface area contributed by atoms with Crippen molar-refractivity contribution in [1.29, 1.82) is 0 Å². The summed E-state index contributed by atoms with van der Waals surface area (Å²) in [6, 6.07) is 6.80. The number of carbonyl (C=O) groups excluding carboxylic acids is 1. The summed E-state index contributed by atoms with van der Waals surface area (Å²) in [7, 11) is 0. The van der Waals surface area contributed by atoms with Crippen LogP contribution in [0.1, 0.15) is 21.5 Å². The van der Waals surface area contributed by atoms with Crippen molar-refractivity contribution in [3.63, 3.8) is 0 Å². The molecule has 0 bridgehead atoms. The number of rotatable bonds is 3. The first kappa shape index (κ1) is 19.5. The lowest BCUT2D eigenvalue weighted by molar-refractivity contribution is -0.254. The molecular formula is C18H9F6N2O2-. The summed E-state index contributed by atoms with van der Waals surface area (Å²) in [5.74, 6) is -1.75.